The number of carbonyl (C=O) groups is 1. The molecule has 9 heteroatoms. The summed E-state index contributed by atoms with van der Waals surface area (Å²) in [6.45, 7) is 1.65. The second-order valence-corrected chi connectivity index (χ2v) is 8.24. The highest BCUT2D eigenvalue weighted by Gasteiger charge is 2.19. The maximum Gasteiger partial charge on any atom is 0.266 e. The van der Waals surface area contributed by atoms with Crippen molar-refractivity contribution in [1.29, 1.82) is 5.26 Å². The lowest BCUT2D eigenvalue weighted by Crippen LogP contribution is -2.17. The molecule has 0 radical (unpaired) electrons. The number of allylic oxidation sites excluding steroid dienone is 1. The molecule has 2 aromatic rings. The number of nitrogens with one attached hydrogen (secondary N) is 2. The highest BCUT2D eigenvalue weighted by atomic mass is 32.2. The number of anilines is 2. The molecule has 0 unspecified atom stereocenters. The van der Waals surface area contributed by atoms with Crippen molar-refractivity contribution < 1.29 is 17.7 Å². The minimum Gasteiger partial charge on any atom is -0.360 e. The van der Waals surface area contributed by atoms with Gasteiger partial charge in [0.05, 0.1) is 4.90 Å². The van der Waals surface area contributed by atoms with Gasteiger partial charge in [-0.1, -0.05) is 11.6 Å². The second kappa shape index (κ2) is 8.27. The lowest BCUT2D eigenvalue weighted by atomic mass is 9.91. The van der Waals surface area contributed by atoms with Crippen molar-refractivity contribution in [2.75, 3.05) is 10.0 Å². The number of nitriles is 1. The molecule has 1 heterocycles. The zero-order chi connectivity index (χ0) is 20.1. The van der Waals surface area contributed by atoms with Crippen LogP contribution in [0.5, 0.6) is 0 Å². The summed E-state index contributed by atoms with van der Waals surface area (Å²) in [7, 11) is -3.83. The largest absolute Gasteiger partial charge is 0.360 e. The molecule has 1 aromatic carbocycles. The number of nitrogens with zero attached hydrogens (tertiary/aromatic N) is 2. The minimum atomic E-state index is -3.83. The lowest BCUT2D eigenvalue weighted by Gasteiger charge is -2.15. The molecule has 0 saturated heterocycles. The molecule has 1 aromatic heterocycles. The Kier molecular flexibility index (Phi) is 5.80. The van der Waals surface area contributed by atoms with Gasteiger partial charge in [-0.25, -0.2) is 8.42 Å². The average molecular weight is 400 g/mol. The molecule has 0 atom stereocenters. The number of hydrogen-bond acceptors (Lipinski definition) is 6. The fourth-order valence-electron chi connectivity index (χ4n) is 3.04. The summed E-state index contributed by atoms with van der Waals surface area (Å²) in [4.78, 5) is 12.4. The number of carbonyl (C=O) groups excluding carboxylic acids is 1. The summed E-state index contributed by atoms with van der Waals surface area (Å²) >= 11 is 0. The van der Waals surface area contributed by atoms with Gasteiger partial charge in [-0.15, -0.1) is 0 Å². The molecule has 1 saturated carbocycles. The van der Waals surface area contributed by atoms with Gasteiger partial charge in [0, 0.05) is 11.8 Å². The zero-order valence-corrected chi connectivity index (χ0v) is 16.2. The molecule has 1 fully saturated rings. The minimum absolute atomic E-state index is 0.0114. The van der Waals surface area contributed by atoms with Crippen molar-refractivity contribution in [1.82, 2.24) is 5.16 Å². The fraction of sp³-hybridized carbons (Fsp3) is 0.316. The van der Waals surface area contributed by atoms with E-state index in [-0.39, 0.29) is 16.3 Å². The molecule has 2 N–H and O–H groups in total. The molecular formula is C19H20N4O4S. The Balaban J connectivity index is 1.72. The first-order valence-electron chi connectivity index (χ1n) is 8.89. The number of aromatic nitrogens is 1. The van der Waals surface area contributed by atoms with Crippen molar-refractivity contribution in [2.45, 2.75) is 43.9 Å². The topological polar surface area (TPSA) is 125 Å². The van der Waals surface area contributed by atoms with E-state index in [2.05, 4.69) is 15.2 Å². The molecule has 28 heavy (non-hydrogen) atoms. The van der Waals surface area contributed by atoms with Crippen molar-refractivity contribution in [3.63, 3.8) is 0 Å². The van der Waals surface area contributed by atoms with E-state index in [0.29, 0.717) is 11.4 Å². The van der Waals surface area contributed by atoms with Crippen LogP contribution in [0.1, 0.15) is 37.9 Å². The maximum absolute atomic E-state index is 12.4. The Morgan fingerprint density at radius 1 is 1.18 bits per heavy atom. The summed E-state index contributed by atoms with van der Waals surface area (Å²) in [5, 5.41) is 15.6. The van der Waals surface area contributed by atoms with Crippen LogP contribution in [-0.4, -0.2) is 19.5 Å². The normalized spacial score (nSPS) is 14.2. The van der Waals surface area contributed by atoms with Crippen LogP contribution >= 0.6 is 0 Å². The molecule has 3 rings (SSSR count). The van der Waals surface area contributed by atoms with E-state index < -0.39 is 15.9 Å². The van der Waals surface area contributed by atoms with E-state index in [1.54, 1.807) is 6.92 Å². The zero-order valence-electron chi connectivity index (χ0n) is 15.4. The van der Waals surface area contributed by atoms with E-state index in [1.165, 1.54) is 30.3 Å². The Labute approximate surface area is 163 Å². The van der Waals surface area contributed by atoms with Crippen LogP contribution in [0.15, 0.2) is 50.9 Å². The molecular weight excluding hydrogens is 380 g/mol. The van der Waals surface area contributed by atoms with Gasteiger partial charge in [-0.3, -0.25) is 9.52 Å². The third-order valence-electron chi connectivity index (χ3n) is 4.44. The number of sulfonamides is 1. The van der Waals surface area contributed by atoms with Crippen molar-refractivity contribution in [3.8, 4) is 6.07 Å². The molecule has 8 nitrogen and oxygen atoms in total. The molecule has 146 valence electrons. The Morgan fingerprint density at radius 3 is 2.43 bits per heavy atom. The molecule has 0 spiro atoms. The summed E-state index contributed by atoms with van der Waals surface area (Å²) in [5.41, 5.74) is 1.45. The third kappa shape index (κ3) is 4.58. The number of benzene rings is 1. The first kappa shape index (κ1) is 19.6. The van der Waals surface area contributed by atoms with E-state index >= 15 is 0 Å². The summed E-state index contributed by atoms with van der Waals surface area (Å²) in [6.07, 6.45) is 4.61. The molecule has 1 amide bonds. The van der Waals surface area contributed by atoms with Crippen molar-refractivity contribution in [2.24, 2.45) is 0 Å². The SMILES string of the molecule is Cc1cc(NS(=O)(=O)c2ccc(NC(=O)C(C#N)=C3CCCCC3)cc2)no1. The van der Waals surface area contributed by atoms with Crippen LogP contribution in [-0.2, 0) is 14.8 Å². The highest BCUT2D eigenvalue weighted by molar-refractivity contribution is 7.92. The molecule has 1 aliphatic carbocycles. The lowest BCUT2D eigenvalue weighted by molar-refractivity contribution is -0.112. The van der Waals surface area contributed by atoms with Gasteiger partial charge in [0.2, 0.25) is 0 Å². The number of rotatable bonds is 5. The van der Waals surface area contributed by atoms with Gasteiger partial charge in [-0.05, 0) is 62.4 Å². The van der Waals surface area contributed by atoms with Crippen LogP contribution in [0.25, 0.3) is 0 Å². The smallest absolute Gasteiger partial charge is 0.266 e. The summed E-state index contributed by atoms with van der Waals surface area (Å²) in [5.74, 6) is 0.106. The van der Waals surface area contributed by atoms with Crippen LogP contribution in [0.3, 0.4) is 0 Å². The monoisotopic (exact) mass is 400 g/mol. The van der Waals surface area contributed by atoms with E-state index in [9.17, 15) is 18.5 Å². The second-order valence-electron chi connectivity index (χ2n) is 6.56. The fourth-order valence-corrected chi connectivity index (χ4v) is 4.02. The van der Waals surface area contributed by atoms with Crippen molar-refractivity contribution >= 4 is 27.4 Å². The van der Waals surface area contributed by atoms with E-state index in [1.807, 2.05) is 6.07 Å². The molecule has 1 aliphatic rings. The third-order valence-corrected chi connectivity index (χ3v) is 5.81. The van der Waals surface area contributed by atoms with E-state index in [0.717, 1.165) is 37.7 Å². The molecule has 0 bridgehead atoms. The predicted molar refractivity (Wildman–Crippen MR) is 103 cm³/mol. The van der Waals surface area contributed by atoms with Gasteiger partial charge in [0.1, 0.15) is 17.4 Å². The summed E-state index contributed by atoms with van der Waals surface area (Å²) in [6, 6.07) is 9.15. The standard InChI is InChI=1S/C19H20N4O4S/c1-13-11-18(22-27-13)23-28(25,26)16-9-7-15(8-10-16)21-19(24)17(12-20)14-5-3-2-4-6-14/h7-11H,2-6H2,1H3,(H,21,24)(H,22,23). The maximum atomic E-state index is 12.4. The number of amides is 1. The van der Waals surface area contributed by atoms with Crippen LogP contribution in [0, 0.1) is 18.3 Å². The molecule has 0 aliphatic heterocycles. The van der Waals surface area contributed by atoms with Gasteiger partial charge in [0.25, 0.3) is 15.9 Å². The quantitative estimate of drug-likeness (QED) is 0.584. The predicted octanol–water partition coefficient (Wildman–Crippen LogP) is 3.51. The van der Waals surface area contributed by atoms with Crippen LogP contribution < -0.4 is 10.0 Å². The first-order valence-corrected chi connectivity index (χ1v) is 10.4. The van der Waals surface area contributed by atoms with Gasteiger partial charge < -0.3 is 9.84 Å². The van der Waals surface area contributed by atoms with Crippen molar-refractivity contribution in [3.05, 3.63) is 47.2 Å². The van der Waals surface area contributed by atoms with E-state index in [4.69, 9.17) is 4.52 Å². The van der Waals surface area contributed by atoms with Gasteiger partial charge in [0.15, 0.2) is 5.82 Å². The average Bonchev–Trinajstić information content (AvgIpc) is 3.07. The summed E-state index contributed by atoms with van der Waals surface area (Å²) < 4.78 is 31.9. The van der Waals surface area contributed by atoms with Crippen LogP contribution in [0.2, 0.25) is 0 Å². The Bertz CT molecular complexity index is 1040. The number of aryl methyl sites for hydroxylation is 1. The Morgan fingerprint density at radius 2 is 1.86 bits per heavy atom. The first-order chi connectivity index (χ1) is 13.4. The number of hydrogen-bond donors (Lipinski definition) is 2. The van der Waals surface area contributed by atoms with Gasteiger partial charge in [-0.2, -0.15) is 5.26 Å². The van der Waals surface area contributed by atoms with Crippen LogP contribution in [0.4, 0.5) is 11.5 Å². The Hall–Kier alpha value is -3.12. The van der Waals surface area contributed by atoms with Gasteiger partial charge >= 0.3 is 0 Å². The highest BCUT2D eigenvalue weighted by Crippen LogP contribution is 2.26.